The molecule has 1 fully saturated rings. The maximum absolute atomic E-state index is 12.8. The average molecular weight is 400 g/mol. The van der Waals surface area contributed by atoms with Crippen molar-refractivity contribution in [2.45, 2.75) is 45.1 Å². The highest BCUT2D eigenvalue weighted by atomic mass is 16.6. The van der Waals surface area contributed by atoms with Gasteiger partial charge in [0.25, 0.3) is 0 Å². The van der Waals surface area contributed by atoms with Gasteiger partial charge in [-0.3, -0.25) is 0 Å². The summed E-state index contributed by atoms with van der Waals surface area (Å²) < 4.78 is 13.1. The number of ether oxygens (including phenoxy) is 2. The molecule has 0 bridgehead atoms. The van der Waals surface area contributed by atoms with Crippen LogP contribution in [0.25, 0.3) is 5.69 Å². The molecular formula is C20H28N6O3. The van der Waals surface area contributed by atoms with Crippen molar-refractivity contribution >= 4 is 6.03 Å². The monoisotopic (exact) mass is 400 g/mol. The average Bonchev–Trinajstić information content (AvgIpc) is 3.24. The third kappa shape index (κ3) is 3.49. The lowest BCUT2D eigenvalue weighted by molar-refractivity contribution is 0.0725. The molecule has 2 heterocycles. The molecule has 156 valence electrons. The van der Waals surface area contributed by atoms with Gasteiger partial charge in [0.2, 0.25) is 0 Å². The number of aromatic nitrogens is 4. The van der Waals surface area contributed by atoms with E-state index in [4.69, 9.17) is 9.47 Å². The number of urea groups is 1. The second kappa shape index (κ2) is 7.88. The van der Waals surface area contributed by atoms with Crippen molar-refractivity contribution in [2.24, 2.45) is 5.92 Å². The van der Waals surface area contributed by atoms with Crippen LogP contribution in [0.15, 0.2) is 18.2 Å². The summed E-state index contributed by atoms with van der Waals surface area (Å²) in [6.07, 6.45) is 3.65. The van der Waals surface area contributed by atoms with Gasteiger partial charge in [0.1, 0.15) is 18.8 Å². The van der Waals surface area contributed by atoms with Crippen LogP contribution < -0.4 is 14.8 Å². The van der Waals surface area contributed by atoms with Crippen LogP contribution in [0.2, 0.25) is 0 Å². The zero-order valence-corrected chi connectivity index (χ0v) is 17.2. The Labute approximate surface area is 170 Å². The van der Waals surface area contributed by atoms with Gasteiger partial charge in [-0.1, -0.05) is 6.92 Å². The number of rotatable bonds is 4. The Morgan fingerprint density at radius 3 is 2.72 bits per heavy atom. The first kappa shape index (κ1) is 19.5. The fourth-order valence-corrected chi connectivity index (χ4v) is 4.23. The second-order valence-corrected chi connectivity index (χ2v) is 7.85. The van der Waals surface area contributed by atoms with Crippen molar-refractivity contribution in [1.82, 2.24) is 30.4 Å². The molecule has 2 amide bonds. The third-order valence-electron chi connectivity index (χ3n) is 6.03. The highest BCUT2D eigenvalue weighted by molar-refractivity contribution is 5.75. The van der Waals surface area contributed by atoms with Crippen LogP contribution in [0.3, 0.4) is 0 Å². The minimum atomic E-state index is -0.567. The van der Waals surface area contributed by atoms with E-state index < -0.39 is 5.54 Å². The first-order chi connectivity index (χ1) is 14.0. The normalized spacial score (nSPS) is 23.5. The van der Waals surface area contributed by atoms with E-state index in [9.17, 15) is 4.79 Å². The summed E-state index contributed by atoms with van der Waals surface area (Å²) in [5.74, 6) is 2.69. The molecule has 1 saturated carbocycles. The van der Waals surface area contributed by atoms with Crippen LogP contribution in [0.1, 0.15) is 45.4 Å². The van der Waals surface area contributed by atoms with Crippen molar-refractivity contribution in [1.29, 1.82) is 0 Å². The Morgan fingerprint density at radius 2 is 2.00 bits per heavy atom. The lowest BCUT2D eigenvalue weighted by Crippen LogP contribution is -2.53. The topological polar surface area (TPSA) is 94.4 Å². The number of amides is 2. The lowest BCUT2D eigenvalue weighted by atomic mass is 9.75. The lowest BCUT2D eigenvalue weighted by Gasteiger charge is -2.44. The van der Waals surface area contributed by atoms with Crippen molar-refractivity contribution in [2.75, 3.05) is 26.8 Å². The predicted octanol–water partition coefficient (Wildman–Crippen LogP) is 2.50. The molecule has 0 spiro atoms. The Hall–Kier alpha value is -2.84. The molecule has 1 aromatic carbocycles. The van der Waals surface area contributed by atoms with Gasteiger partial charge in [-0.2, -0.15) is 4.68 Å². The Balaban J connectivity index is 1.75. The van der Waals surface area contributed by atoms with Crippen molar-refractivity contribution in [3.63, 3.8) is 0 Å². The van der Waals surface area contributed by atoms with E-state index in [1.54, 1.807) is 9.58 Å². The van der Waals surface area contributed by atoms with Crippen molar-refractivity contribution < 1.29 is 14.3 Å². The van der Waals surface area contributed by atoms with E-state index in [0.29, 0.717) is 37.3 Å². The number of carbonyl (C=O) groups excluding carboxylic acids is 1. The largest absolute Gasteiger partial charge is 0.486 e. The number of benzene rings is 1. The molecule has 0 unspecified atom stereocenters. The number of nitrogens with zero attached hydrogens (tertiary/aromatic N) is 5. The zero-order chi connectivity index (χ0) is 20.4. The quantitative estimate of drug-likeness (QED) is 0.847. The smallest absolute Gasteiger partial charge is 0.317 e. The molecule has 0 radical (unpaired) electrons. The van der Waals surface area contributed by atoms with Gasteiger partial charge in [0.05, 0.1) is 5.69 Å². The van der Waals surface area contributed by atoms with Crippen LogP contribution >= 0.6 is 0 Å². The molecule has 1 aliphatic heterocycles. The van der Waals surface area contributed by atoms with Crippen LogP contribution in [0, 0.1) is 5.92 Å². The fourth-order valence-electron chi connectivity index (χ4n) is 4.23. The first-order valence-corrected chi connectivity index (χ1v) is 10.3. The van der Waals surface area contributed by atoms with Gasteiger partial charge in [0, 0.05) is 19.7 Å². The molecule has 2 aliphatic rings. The molecule has 4 rings (SSSR count). The highest BCUT2D eigenvalue weighted by Gasteiger charge is 2.46. The number of nitrogens with one attached hydrogen (secondary N) is 1. The predicted molar refractivity (Wildman–Crippen MR) is 106 cm³/mol. The molecule has 0 saturated heterocycles. The zero-order valence-electron chi connectivity index (χ0n) is 17.2. The number of carbonyl (C=O) groups is 1. The number of tetrazole rings is 1. The molecule has 0 atom stereocenters. The molecule has 1 aromatic heterocycles. The SMILES string of the molecule is CCNC(=O)N(C)C1(c2nnnn2-c2ccc3c(c2)OCCO3)CCC(C)CC1. The molecule has 29 heavy (non-hydrogen) atoms. The van der Waals surface area contributed by atoms with E-state index in [1.165, 1.54) is 0 Å². The molecule has 9 heteroatoms. The molecule has 2 aromatic rings. The maximum Gasteiger partial charge on any atom is 0.317 e. The Bertz CT molecular complexity index is 875. The van der Waals surface area contributed by atoms with Crippen LogP contribution in [-0.4, -0.2) is 57.9 Å². The van der Waals surface area contributed by atoms with Gasteiger partial charge in [0.15, 0.2) is 17.3 Å². The van der Waals surface area contributed by atoms with E-state index >= 15 is 0 Å². The van der Waals surface area contributed by atoms with Crippen LogP contribution in [-0.2, 0) is 5.54 Å². The van der Waals surface area contributed by atoms with Gasteiger partial charge in [-0.05, 0) is 61.1 Å². The summed E-state index contributed by atoms with van der Waals surface area (Å²) in [6.45, 7) is 5.80. The maximum atomic E-state index is 12.8. The van der Waals surface area contributed by atoms with E-state index in [-0.39, 0.29) is 6.03 Å². The summed E-state index contributed by atoms with van der Waals surface area (Å²) in [6, 6.07) is 5.57. The van der Waals surface area contributed by atoms with Gasteiger partial charge < -0.3 is 19.7 Å². The summed E-state index contributed by atoms with van der Waals surface area (Å²) in [5.41, 5.74) is 0.222. The number of hydrogen-bond acceptors (Lipinski definition) is 6. The molecule has 1 aliphatic carbocycles. The number of fused-ring (bicyclic) bond motifs is 1. The van der Waals surface area contributed by atoms with E-state index in [0.717, 1.165) is 37.1 Å². The molecular weight excluding hydrogens is 372 g/mol. The van der Waals surface area contributed by atoms with Crippen molar-refractivity contribution in [3.8, 4) is 17.2 Å². The Morgan fingerprint density at radius 1 is 1.28 bits per heavy atom. The highest BCUT2D eigenvalue weighted by Crippen LogP contribution is 2.43. The van der Waals surface area contributed by atoms with E-state index in [2.05, 4.69) is 27.8 Å². The summed E-state index contributed by atoms with van der Waals surface area (Å²) in [7, 11) is 1.84. The van der Waals surface area contributed by atoms with E-state index in [1.807, 2.05) is 32.2 Å². The van der Waals surface area contributed by atoms with Gasteiger partial charge in [-0.25, -0.2) is 4.79 Å². The summed E-state index contributed by atoms with van der Waals surface area (Å²) in [5, 5.41) is 15.5. The van der Waals surface area contributed by atoms with Crippen LogP contribution in [0.5, 0.6) is 11.5 Å². The van der Waals surface area contributed by atoms with Gasteiger partial charge >= 0.3 is 6.03 Å². The first-order valence-electron chi connectivity index (χ1n) is 10.3. The standard InChI is InChI=1S/C20H28N6O3/c1-4-21-19(27)25(3)20(9-7-14(2)8-10-20)18-22-23-24-26(18)15-5-6-16-17(13-15)29-12-11-28-16/h5-6,13-14H,4,7-12H2,1-3H3,(H,21,27). The second-order valence-electron chi connectivity index (χ2n) is 7.85. The molecule has 9 nitrogen and oxygen atoms in total. The third-order valence-corrected chi connectivity index (χ3v) is 6.03. The fraction of sp³-hybridized carbons (Fsp3) is 0.600. The Kier molecular flexibility index (Phi) is 5.29. The summed E-state index contributed by atoms with van der Waals surface area (Å²) >= 11 is 0. The summed E-state index contributed by atoms with van der Waals surface area (Å²) in [4.78, 5) is 14.5. The van der Waals surface area contributed by atoms with Gasteiger partial charge in [-0.15, -0.1) is 5.10 Å². The number of hydrogen-bond donors (Lipinski definition) is 1. The minimum absolute atomic E-state index is 0.112. The molecule has 1 N–H and O–H groups in total. The minimum Gasteiger partial charge on any atom is -0.486 e. The van der Waals surface area contributed by atoms with Crippen molar-refractivity contribution in [3.05, 3.63) is 24.0 Å². The van der Waals surface area contributed by atoms with Crippen LogP contribution in [0.4, 0.5) is 4.79 Å².